The van der Waals surface area contributed by atoms with Crippen molar-refractivity contribution in [2.24, 2.45) is 17.1 Å². The molecule has 2 aliphatic heterocycles. The van der Waals surface area contributed by atoms with Gasteiger partial charge >= 0.3 is 0 Å². The van der Waals surface area contributed by atoms with Crippen molar-refractivity contribution in [1.82, 2.24) is 20.1 Å². The second-order valence-corrected chi connectivity index (χ2v) is 12.6. The summed E-state index contributed by atoms with van der Waals surface area (Å²) >= 11 is 12.4. The molecule has 0 bridgehead atoms. The first-order chi connectivity index (χ1) is 19.9. The van der Waals surface area contributed by atoms with E-state index < -0.39 is 0 Å². The standard InChI is InChI=1S/C31H36ClN5O3S/c32-27-22(15-35-30(39)23-13-31(14-23)17-36(18-31)9-8-34-19-38)4-5-25-26(20-2-1-3-21(12-20)29(33)41)16-37(28(25)27)24-6-10-40-11-7-24/h1-5,12,16,19,23-24H,6-11,13-15,17-18H2,(H2,33,41)(H,34,38)(H,35,39). The first-order valence-electron chi connectivity index (χ1n) is 14.3. The van der Waals surface area contributed by atoms with Crippen LogP contribution in [0.4, 0.5) is 0 Å². The summed E-state index contributed by atoms with van der Waals surface area (Å²) in [5, 5.41) is 7.61. The van der Waals surface area contributed by atoms with E-state index in [0.29, 0.717) is 23.1 Å². The van der Waals surface area contributed by atoms with Crippen LogP contribution in [0.15, 0.2) is 42.6 Å². The Morgan fingerprint density at radius 1 is 1.20 bits per heavy atom. The van der Waals surface area contributed by atoms with Crippen LogP contribution in [-0.2, 0) is 20.9 Å². The van der Waals surface area contributed by atoms with E-state index in [-0.39, 0.29) is 23.3 Å². The second-order valence-electron chi connectivity index (χ2n) is 11.8. The van der Waals surface area contributed by atoms with Gasteiger partial charge in [0.1, 0.15) is 4.99 Å². The van der Waals surface area contributed by atoms with Crippen LogP contribution in [0.2, 0.25) is 5.02 Å². The summed E-state index contributed by atoms with van der Waals surface area (Å²) in [6.07, 6.45) is 6.61. The zero-order chi connectivity index (χ0) is 28.6. The molecule has 0 radical (unpaired) electrons. The van der Waals surface area contributed by atoms with Crippen molar-refractivity contribution in [3.05, 3.63) is 58.7 Å². The molecule has 216 valence electrons. The average Bonchev–Trinajstić information content (AvgIpc) is 3.34. The summed E-state index contributed by atoms with van der Waals surface area (Å²) in [6, 6.07) is 12.4. The number of amides is 2. The van der Waals surface area contributed by atoms with Crippen LogP contribution in [0.1, 0.15) is 42.9 Å². The van der Waals surface area contributed by atoms with E-state index in [0.717, 1.165) is 98.1 Å². The smallest absolute Gasteiger partial charge is 0.223 e. The molecular weight excluding hydrogens is 558 g/mol. The first kappa shape index (κ1) is 28.2. The molecule has 4 N–H and O–H groups in total. The number of thiocarbonyl (C=S) groups is 1. The fourth-order valence-electron chi connectivity index (χ4n) is 6.91. The molecule has 41 heavy (non-hydrogen) atoms. The number of ether oxygens (including phenoxy) is 1. The normalized spacial score (nSPS) is 19.0. The number of nitrogens with one attached hydrogen (secondary N) is 2. The van der Waals surface area contributed by atoms with E-state index in [1.807, 2.05) is 24.3 Å². The number of benzene rings is 2. The number of fused-ring (bicyclic) bond motifs is 1. The monoisotopic (exact) mass is 593 g/mol. The molecule has 1 spiro atoms. The summed E-state index contributed by atoms with van der Waals surface area (Å²) in [4.78, 5) is 26.2. The number of hydrogen-bond donors (Lipinski definition) is 3. The van der Waals surface area contributed by atoms with Crippen LogP contribution in [0, 0.1) is 11.3 Å². The molecule has 6 rings (SSSR count). The predicted molar refractivity (Wildman–Crippen MR) is 165 cm³/mol. The van der Waals surface area contributed by atoms with Crippen LogP contribution in [-0.4, -0.2) is 66.2 Å². The van der Waals surface area contributed by atoms with Gasteiger partial charge in [0.25, 0.3) is 0 Å². The molecule has 2 amide bonds. The molecule has 0 atom stereocenters. The van der Waals surface area contributed by atoms with Gasteiger partial charge in [0.2, 0.25) is 12.3 Å². The van der Waals surface area contributed by atoms with E-state index >= 15 is 0 Å². The van der Waals surface area contributed by atoms with Crippen molar-refractivity contribution in [3.8, 4) is 11.1 Å². The highest BCUT2D eigenvalue weighted by Gasteiger charge is 2.53. The predicted octanol–water partition coefficient (Wildman–Crippen LogP) is 4.02. The molecule has 3 fully saturated rings. The zero-order valence-electron chi connectivity index (χ0n) is 23.0. The van der Waals surface area contributed by atoms with Gasteiger partial charge < -0.3 is 30.6 Å². The quantitative estimate of drug-likeness (QED) is 0.186. The molecule has 3 heterocycles. The van der Waals surface area contributed by atoms with Crippen LogP contribution in [0.25, 0.3) is 22.0 Å². The van der Waals surface area contributed by atoms with Crippen molar-refractivity contribution in [3.63, 3.8) is 0 Å². The number of nitrogens with zero attached hydrogens (tertiary/aromatic N) is 2. The molecule has 1 saturated carbocycles. The van der Waals surface area contributed by atoms with Gasteiger partial charge in [-0.15, -0.1) is 0 Å². The lowest BCUT2D eigenvalue weighted by Gasteiger charge is -2.58. The Morgan fingerprint density at radius 3 is 2.71 bits per heavy atom. The maximum Gasteiger partial charge on any atom is 0.223 e. The van der Waals surface area contributed by atoms with Gasteiger partial charge in [0.05, 0.1) is 10.5 Å². The number of halogens is 1. The minimum atomic E-state index is 0.0476. The van der Waals surface area contributed by atoms with E-state index in [1.165, 1.54) is 0 Å². The van der Waals surface area contributed by atoms with E-state index in [1.54, 1.807) is 0 Å². The topological polar surface area (TPSA) is 102 Å². The summed E-state index contributed by atoms with van der Waals surface area (Å²) in [7, 11) is 0. The molecule has 1 aromatic heterocycles. The minimum Gasteiger partial charge on any atom is -0.389 e. The summed E-state index contributed by atoms with van der Waals surface area (Å²) in [5.74, 6) is 0.147. The third-order valence-electron chi connectivity index (χ3n) is 9.01. The van der Waals surface area contributed by atoms with Crippen molar-refractivity contribution >= 4 is 52.0 Å². The highest BCUT2D eigenvalue weighted by molar-refractivity contribution is 7.80. The van der Waals surface area contributed by atoms with Crippen LogP contribution in [0.5, 0.6) is 0 Å². The maximum atomic E-state index is 13.0. The molecule has 10 heteroatoms. The van der Waals surface area contributed by atoms with Gasteiger partial charge in [-0.2, -0.15) is 0 Å². The Balaban J connectivity index is 1.18. The Kier molecular flexibility index (Phi) is 8.05. The Bertz CT molecular complexity index is 1470. The lowest BCUT2D eigenvalue weighted by atomic mass is 9.57. The zero-order valence-corrected chi connectivity index (χ0v) is 24.6. The molecule has 0 unspecified atom stereocenters. The van der Waals surface area contributed by atoms with Gasteiger partial charge in [-0.3, -0.25) is 9.59 Å². The summed E-state index contributed by atoms with van der Waals surface area (Å²) in [6.45, 7) is 5.38. The van der Waals surface area contributed by atoms with Gasteiger partial charge in [0, 0.05) is 80.6 Å². The highest BCUT2D eigenvalue weighted by Crippen LogP contribution is 2.51. The van der Waals surface area contributed by atoms with E-state index in [2.05, 4.69) is 38.4 Å². The van der Waals surface area contributed by atoms with Gasteiger partial charge in [-0.1, -0.05) is 54.2 Å². The van der Waals surface area contributed by atoms with E-state index in [4.69, 9.17) is 34.3 Å². The third-order valence-corrected chi connectivity index (χ3v) is 9.67. The highest BCUT2D eigenvalue weighted by atomic mass is 35.5. The van der Waals surface area contributed by atoms with Gasteiger partial charge in [-0.25, -0.2) is 0 Å². The lowest BCUT2D eigenvalue weighted by Crippen LogP contribution is -2.64. The largest absolute Gasteiger partial charge is 0.389 e. The molecule has 2 aromatic carbocycles. The van der Waals surface area contributed by atoms with Gasteiger partial charge in [-0.05, 0) is 48.3 Å². The number of carbonyl (C=O) groups excluding carboxylic acids is 2. The minimum absolute atomic E-state index is 0.0476. The lowest BCUT2D eigenvalue weighted by molar-refractivity contribution is -0.144. The SMILES string of the molecule is NC(=S)c1cccc(-c2cn(C3CCOCC3)c3c(Cl)c(CNC(=O)C4CC5(C4)CN(CCNC=O)C5)ccc23)c1. The third kappa shape index (κ3) is 5.60. The van der Waals surface area contributed by atoms with Crippen LogP contribution < -0.4 is 16.4 Å². The number of carbonyl (C=O) groups is 2. The van der Waals surface area contributed by atoms with Crippen molar-refractivity contribution < 1.29 is 14.3 Å². The van der Waals surface area contributed by atoms with Crippen LogP contribution in [0.3, 0.4) is 0 Å². The summed E-state index contributed by atoms with van der Waals surface area (Å²) in [5.41, 5.74) is 11.0. The van der Waals surface area contributed by atoms with Crippen molar-refractivity contribution in [2.75, 3.05) is 39.4 Å². The average molecular weight is 594 g/mol. The number of rotatable bonds is 10. The van der Waals surface area contributed by atoms with E-state index in [9.17, 15) is 9.59 Å². The fraction of sp³-hybridized carbons (Fsp3) is 0.452. The first-order valence-corrected chi connectivity index (χ1v) is 15.1. The molecule has 3 aromatic rings. The Morgan fingerprint density at radius 2 is 1.98 bits per heavy atom. The maximum absolute atomic E-state index is 13.0. The molecular formula is C31H36ClN5O3S. The number of aromatic nitrogens is 1. The van der Waals surface area contributed by atoms with Crippen LogP contribution >= 0.6 is 23.8 Å². The summed E-state index contributed by atoms with van der Waals surface area (Å²) < 4.78 is 7.94. The Hall–Kier alpha value is -2.98. The molecule has 3 aliphatic rings. The van der Waals surface area contributed by atoms with Gasteiger partial charge in [0.15, 0.2) is 0 Å². The fourth-order valence-corrected chi connectivity index (χ4v) is 7.36. The van der Waals surface area contributed by atoms with Crippen molar-refractivity contribution in [1.29, 1.82) is 0 Å². The number of nitrogens with two attached hydrogens (primary N) is 1. The van der Waals surface area contributed by atoms with Crippen molar-refractivity contribution in [2.45, 2.75) is 38.3 Å². The number of hydrogen-bond acceptors (Lipinski definition) is 5. The molecule has 8 nitrogen and oxygen atoms in total. The molecule has 2 saturated heterocycles. The Labute approximate surface area is 250 Å². The number of likely N-dealkylation sites (tertiary alicyclic amines) is 1. The second kappa shape index (κ2) is 11.7. The molecule has 1 aliphatic carbocycles.